The Morgan fingerprint density at radius 2 is 1.94 bits per heavy atom. The first-order valence-corrected chi connectivity index (χ1v) is 11.3. The van der Waals surface area contributed by atoms with Crippen LogP contribution in [0.15, 0.2) is 42.6 Å². The molecule has 1 aromatic carbocycles. The van der Waals surface area contributed by atoms with Gasteiger partial charge < -0.3 is 10.6 Å². The fourth-order valence-corrected chi connectivity index (χ4v) is 4.98. The first-order valence-electron chi connectivity index (χ1n) is 11.3. The standard InChI is InChI=1S/C25H24N6O4/c1-13(14-7-4-10-27-22(14)23(26)33)20-11-18(29-30(20)2)15-5-3-6-16-17(15)12-31(25(16)35)19-8-9-21(32)28-24(19)34/h3-7,10-11,13,19H,8-9,12H2,1-2H3,(H2,26,33)(H,28,32,34)/t13-,19?/m0/s1. The summed E-state index contributed by atoms with van der Waals surface area (Å²) in [4.78, 5) is 54.6. The van der Waals surface area contributed by atoms with Crippen molar-refractivity contribution < 1.29 is 19.2 Å². The number of pyridine rings is 1. The summed E-state index contributed by atoms with van der Waals surface area (Å²) in [6, 6.07) is 10.3. The highest BCUT2D eigenvalue weighted by molar-refractivity contribution is 6.06. The Hall–Kier alpha value is -4.34. The number of amides is 4. The number of benzene rings is 1. The summed E-state index contributed by atoms with van der Waals surface area (Å²) in [6.07, 6.45) is 2.04. The molecule has 0 spiro atoms. The van der Waals surface area contributed by atoms with Gasteiger partial charge in [0.25, 0.3) is 11.8 Å². The number of rotatable bonds is 5. The molecule has 0 radical (unpaired) electrons. The van der Waals surface area contributed by atoms with Gasteiger partial charge in [-0.25, -0.2) is 0 Å². The van der Waals surface area contributed by atoms with Crippen LogP contribution < -0.4 is 11.1 Å². The average molecular weight is 473 g/mol. The molecule has 0 aliphatic carbocycles. The number of carbonyl (C=O) groups excluding carboxylic acids is 4. The van der Waals surface area contributed by atoms with Crippen LogP contribution in [0.25, 0.3) is 11.3 Å². The van der Waals surface area contributed by atoms with Crippen molar-refractivity contribution >= 4 is 23.6 Å². The van der Waals surface area contributed by atoms with Gasteiger partial charge in [-0.15, -0.1) is 0 Å². The maximum atomic E-state index is 13.2. The molecule has 2 atom stereocenters. The van der Waals surface area contributed by atoms with Crippen molar-refractivity contribution in [2.75, 3.05) is 0 Å². The molecule has 5 rings (SSSR count). The predicted molar refractivity (Wildman–Crippen MR) is 125 cm³/mol. The second-order valence-electron chi connectivity index (χ2n) is 8.84. The van der Waals surface area contributed by atoms with Crippen LogP contribution in [0.4, 0.5) is 0 Å². The molecule has 1 fully saturated rings. The molecule has 10 heteroatoms. The molecule has 35 heavy (non-hydrogen) atoms. The van der Waals surface area contributed by atoms with E-state index >= 15 is 0 Å². The number of hydrogen-bond donors (Lipinski definition) is 2. The Labute approximate surface area is 201 Å². The molecule has 2 aromatic heterocycles. The molecule has 2 aliphatic rings. The van der Waals surface area contributed by atoms with Gasteiger partial charge in [-0.05, 0) is 35.7 Å². The van der Waals surface area contributed by atoms with E-state index in [1.807, 2.05) is 32.2 Å². The summed E-state index contributed by atoms with van der Waals surface area (Å²) in [5.74, 6) is -1.81. The van der Waals surface area contributed by atoms with Gasteiger partial charge in [0.05, 0.1) is 5.69 Å². The predicted octanol–water partition coefficient (Wildman–Crippen LogP) is 1.49. The van der Waals surface area contributed by atoms with E-state index in [1.54, 1.807) is 22.9 Å². The number of primary amides is 1. The number of piperidine rings is 1. The minimum Gasteiger partial charge on any atom is -0.364 e. The fraction of sp³-hybridized carbons (Fsp3) is 0.280. The first kappa shape index (κ1) is 22.5. The van der Waals surface area contributed by atoms with Gasteiger partial charge in [-0.2, -0.15) is 5.10 Å². The smallest absolute Gasteiger partial charge is 0.267 e. The van der Waals surface area contributed by atoms with Crippen LogP contribution in [0.5, 0.6) is 0 Å². The van der Waals surface area contributed by atoms with E-state index in [0.717, 1.165) is 16.8 Å². The normalized spacial score (nSPS) is 18.4. The van der Waals surface area contributed by atoms with Crippen molar-refractivity contribution in [3.63, 3.8) is 0 Å². The lowest BCUT2D eigenvalue weighted by Crippen LogP contribution is -2.52. The number of aryl methyl sites for hydroxylation is 1. The van der Waals surface area contributed by atoms with Crippen molar-refractivity contribution in [1.82, 2.24) is 25.0 Å². The van der Waals surface area contributed by atoms with E-state index in [-0.39, 0.29) is 36.4 Å². The number of nitrogens with zero attached hydrogens (tertiary/aromatic N) is 4. The molecule has 2 aliphatic heterocycles. The van der Waals surface area contributed by atoms with Crippen LogP contribution in [-0.4, -0.2) is 49.3 Å². The van der Waals surface area contributed by atoms with Gasteiger partial charge in [0.2, 0.25) is 11.8 Å². The minimum atomic E-state index is -0.683. The van der Waals surface area contributed by atoms with E-state index in [9.17, 15) is 19.2 Å². The summed E-state index contributed by atoms with van der Waals surface area (Å²) >= 11 is 0. The lowest BCUT2D eigenvalue weighted by atomic mass is 9.94. The van der Waals surface area contributed by atoms with Crippen LogP contribution in [-0.2, 0) is 23.2 Å². The van der Waals surface area contributed by atoms with Crippen molar-refractivity contribution in [3.8, 4) is 11.3 Å². The van der Waals surface area contributed by atoms with E-state index in [2.05, 4.69) is 10.3 Å². The average Bonchev–Trinajstić information content (AvgIpc) is 3.38. The maximum absolute atomic E-state index is 13.2. The number of hydrogen-bond acceptors (Lipinski definition) is 6. The highest BCUT2D eigenvalue weighted by atomic mass is 16.2. The molecule has 4 amide bonds. The van der Waals surface area contributed by atoms with Crippen LogP contribution in [0.3, 0.4) is 0 Å². The third-order valence-electron chi connectivity index (χ3n) is 6.76. The highest BCUT2D eigenvalue weighted by Gasteiger charge is 2.40. The molecule has 3 aromatic rings. The van der Waals surface area contributed by atoms with Gasteiger partial charge in [0.1, 0.15) is 11.7 Å². The van der Waals surface area contributed by atoms with Crippen molar-refractivity contribution in [1.29, 1.82) is 0 Å². The zero-order valence-electron chi connectivity index (χ0n) is 19.3. The molecule has 0 bridgehead atoms. The van der Waals surface area contributed by atoms with E-state index in [0.29, 0.717) is 23.2 Å². The van der Waals surface area contributed by atoms with Gasteiger partial charge in [0.15, 0.2) is 0 Å². The van der Waals surface area contributed by atoms with Crippen molar-refractivity contribution in [2.24, 2.45) is 12.8 Å². The number of carbonyl (C=O) groups is 4. The van der Waals surface area contributed by atoms with Gasteiger partial charge in [0, 0.05) is 48.9 Å². The Balaban J connectivity index is 1.49. The van der Waals surface area contributed by atoms with Crippen LogP contribution >= 0.6 is 0 Å². The summed E-state index contributed by atoms with van der Waals surface area (Å²) in [5.41, 5.74) is 10.1. The summed E-state index contributed by atoms with van der Waals surface area (Å²) in [6.45, 7) is 2.21. The monoisotopic (exact) mass is 472 g/mol. The molecular weight excluding hydrogens is 448 g/mol. The molecule has 1 saturated heterocycles. The van der Waals surface area contributed by atoms with Crippen LogP contribution in [0.2, 0.25) is 0 Å². The van der Waals surface area contributed by atoms with Crippen molar-refractivity contribution in [3.05, 3.63) is 70.7 Å². The second-order valence-corrected chi connectivity index (χ2v) is 8.84. The lowest BCUT2D eigenvalue weighted by molar-refractivity contribution is -0.136. The number of nitrogens with one attached hydrogen (secondary N) is 1. The van der Waals surface area contributed by atoms with Gasteiger partial charge in [-0.1, -0.05) is 25.1 Å². The molecule has 1 unspecified atom stereocenters. The molecule has 4 heterocycles. The highest BCUT2D eigenvalue weighted by Crippen LogP contribution is 2.36. The largest absolute Gasteiger partial charge is 0.364 e. The molecular formula is C25H24N6O4. The SMILES string of the molecule is C[C@@H](c1cccnc1C(N)=O)c1cc(-c2cccc3c2CN(C2CCC(=O)NC2=O)C3=O)nn1C. The van der Waals surface area contributed by atoms with Crippen molar-refractivity contribution in [2.45, 2.75) is 38.3 Å². The van der Waals surface area contributed by atoms with Crippen LogP contribution in [0.1, 0.15) is 63.4 Å². The molecule has 178 valence electrons. The van der Waals surface area contributed by atoms with E-state index in [1.165, 1.54) is 11.1 Å². The first-order chi connectivity index (χ1) is 16.8. The topological polar surface area (TPSA) is 140 Å². The Bertz CT molecular complexity index is 1390. The molecule has 3 N–H and O–H groups in total. The molecule has 10 nitrogen and oxygen atoms in total. The third-order valence-corrected chi connectivity index (χ3v) is 6.76. The Kier molecular flexibility index (Phi) is 5.43. The zero-order chi connectivity index (χ0) is 24.9. The van der Waals surface area contributed by atoms with E-state index in [4.69, 9.17) is 10.8 Å². The quantitative estimate of drug-likeness (QED) is 0.539. The van der Waals surface area contributed by atoms with Gasteiger partial charge >= 0.3 is 0 Å². The summed E-state index contributed by atoms with van der Waals surface area (Å²) in [5, 5.41) is 7.02. The number of aromatic nitrogens is 3. The minimum absolute atomic E-state index is 0.201. The maximum Gasteiger partial charge on any atom is 0.267 e. The number of nitrogens with two attached hydrogens (primary N) is 1. The fourth-order valence-electron chi connectivity index (χ4n) is 4.98. The summed E-state index contributed by atoms with van der Waals surface area (Å²) in [7, 11) is 1.82. The molecule has 0 saturated carbocycles. The number of imide groups is 1. The second kappa shape index (κ2) is 8.46. The Morgan fingerprint density at radius 1 is 1.17 bits per heavy atom. The zero-order valence-corrected chi connectivity index (χ0v) is 19.3. The van der Waals surface area contributed by atoms with Gasteiger partial charge in [-0.3, -0.25) is 34.2 Å². The summed E-state index contributed by atoms with van der Waals surface area (Å²) < 4.78 is 1.74. The van der Waals surface area contributed by atoms with E-state index < -0.39 is 17.9 Å². The third kappa shape index (κ3) is 3.76. The lowest BCUT2D eigenvalue weighted by Gasteiger charge is -2.29. The number of fused-ring (bicyclic) bond motifs is 1. The van der Waals surface area contributed by atoms with Crippen LogP contribution in [0, 0.1) is 0 Å². The Morgan fingerprint density at radius 3 is 2.69 bits per heavy atom.